The van der Waals surface area contributed by atoms with Crippen LogP contribution in [0.1, 0.15) is 17.2 Å². The van der Waals surface area contributed by atoms with E-state index in [2.05, 4.69) is 5.32 Å². The van der Waals surface area contributed by atoms with Crippen molar-refractivity contribution in [1.82, 2.24) is 4.90 Å². The fourth-order valence-corrected chi connectivity index (χ4v) is 6.04. The minimum Gasteiger partial charge on any atom is -0.495 e. The second-order valence-electron chi connectivity index (χ2n) is 9.43. The lowest BCUT2D eigenvalue weighted by Gasteiger charge is -2.35. The Labute approximate surface area is 227 Å². The van der Waals surface area contributed by atoms with E-state index >= 15 is 0 Å². The second-order valence-corrected chi connectivity index (χ2v) is 9.84. The molecule has 0 unspecified atom stereocenters. The largest absolute Gasteiger partial charge is 0.495 e. The Kier molecular flexibility index (Phi) is 5.84. The van der Waals surface area contributed by atoms with E-state index in [1.807, 2.05) is 30.3 Å². The van der Waals surface area contributed by atoms with Crippen LogP contribution in [-0.2, 0) is 14.4 Å². The van der Waals surface area contributed by atoms with E-state index in [0.29, 0.717) is 11.4 Å². The van der Waals surface area contributed by atoms with Gasteiger partial charge in [0.1, 0.15) is 16.8 Å². The van der Waals surface area contributed by atoms with Crippen molar-refractivity contribution in [2.45, 2.75) is 12.1 Å². The summed E-state index contributed by atoms with van der Waals surface area (Å²) in [5.74, 6) is -3.01. The lowest BCUT2D eigenvalue weighted by atomic mass is 9.84. The monoisotopic (exact) mass is 544 g/mol. The third kappa shape index (κ3) is 3.75. The van der Waals surface area contributed by atoms with Crippen LogP contribution in [0, 0.1) is 22.0 Å². The summed E-state index contributed by atoms with van der Waals surface area (Å²) in [6.07, 6.45) is 3.57. The molecule has 3 aromatic carbocycles. The van der Waals surface area contributed by atoms with Gasteiger partial charge >= 0.3 is 0 Å². The molecule has 3 aromatic rings. The molecule has 11 heteroatoms. The number of carbonyl (C=O) groups excluding carboxylic acids is 3. The minimum absolute atomic E-state index is 0.0708. The van der Waals surface area contributed by atoms with Crippen LogP contribution in [-0.4, -0.2) is 40.7 Å². The molecule has 3 heterocycles. The Morgan fingerprint density at radius 2 is 1.74 bits per heavy atom. The van der Waals surface area contributed by atoms with Gasteiger partial charge in [-0.2, -0.15) is 0 Å². The summed E-state index contributed by atoms with van der Waals surface area (Å²) < 4.78 is 5.42. The van der Waals surface area contributed by atoms with Gasteiger partial charge in [-0.25, -0.2) is 4.90 Å². The van der Waals surface area contributed by atoms with Gasteiger partial charge in [-0.1, -0.05) is 48.0 Å². The minimum atomic E-state index is -1.06. The molecule has 6 rings (SSSR count). The zero-order valence-corrected chi connectivity index (χ0v) is 21.2. The maximum atomic E-state index is 14.0. The predicted octanol–water partition coefficient (Wildman–Crippen LogP) is 4.41. The molecule has 10 nitrogen and oxygen atoms in total. The number of methoxy groups -OCH3 is 1. The topological polar surface area (TPSA) is 122 Å². The number of fused-ring (bicyclic) bond motifs is 5. The van der Waals surface area contributed by atoms with Crippen LogP contribution in [0.2, 0.25) is 5.02 Å². The number of benzene rings is 3. The van der Waals surface area contributed by atoms with Gasteiger partial charge in [-0.3, -0.25) is 24.5 Å². The number of anilines is 2. The van der Waals surface area contributed by atoms with Crippen LogP contribution in [0.5, 0.6) is 5.75 Å². The maximum absolute atomic E-state index is 14.0. The molecule has 0 bridgehead atoms. The van der Waals surface area contributed by atoms with E-state index in [1.54, 1.807) is 35.4 Å². The number of hydrogen-bond acceptors (Lipinski definition) is 7. The van der Waals surface area contributed by atoms with Crippen molar-refractivity contribution in [2.75, 3.05) is 17.3 Å². The molecule has 3 aliphatic heterocycles. The van der Waals surface area contributed by atoms with E-state index in [9.17, 15) is 24.5 Å². The number of rotatable bonds is 5. The highest BCUT2D eigenvalue weighted by molar-refractivity contribution is 6.32. The molecule has 0 spiro atoms. The Hall–Kier alpha value is -4.70. The number of ether oxygens (including phenoxy) is 1. The van der Waals surface area contributed by atoms with Crippen LogP contribution in [0.3, 0.4) is 0 Å². The molecule has 2 fully saturated rings. The van der Waals surface area contributed by atoms with Crippen molar-refractivity contribution in [3.05, 3.63) is 99.2 Å². The van der Waals surface area contributed by atoms with Gasteiger partial charge in [0, 0.05) is 18.0 Å². The van der Waals surface area contributed by atoms with E-state index in [0.717, 1.165) is 22.1 Å². The molecule has 3 aliphatic rings. The molecule has 0 saturated carbocycles. The number of nitro groups is 1. The van der Waals surface area contributed by atoms with Gasteiger partial charge in [0.05, 0.1) is 35.6 Å². The molecule has 0 aromatic heterocycles. The van der Waals surface area contributed by atoms with Crippen molar-refractivity contribution in [2.24, 2.45) is 11.8 Å². The number of para-hydroxylation sites is 2. The molecule has 3 amide bonds. The summed E-state index contributed by atoms with van der Waals surface area (Å²) in [4.78, 5) is 55.4. The highest BCUT2D eigenvalue weighted by Crippen LogP contribution is 2.54. The number of carbonyl (C=O) groups is 3. The maximum Gasteiger partial charge on any atom is 0.289 e. The van der Waals surface area contributed by atoms with Gasteiger partial charge in [0.25, 0.3) is 5.69 Å². The fraction of sp³-hybridized carbons (Fsp3) is 0.179. The first-order valence-corrected chi connectivity index (χ1v) is 12.5. The van der Waals surface area contributed by atoms with E-state index in [-0.39, 0.29) is 16.4 Å². The summed E-state index contributed by atoms with van der Waals surface area (Å²) in [6, 6.07) is 16.6. The zero-order chi connectivity index (χ0) is 27.4. The molecule has 0 aliphatic carbocycles. The molecule has 2 saturated heterocycles. The van der Waals surface area contributed by atoms with E-state index in [4.69, 9.17) is 16.3 Å². The number of amides is 3. The fourth-order valence-electron chi connectivity index (χ4n) is 5.86. The number of nitrogens with zero attached hydrogens (tertiary/aromatic N) is 3. The molecule has 196 valence electrons. The first-order chi connectivity index (χ1) is 18.8. The molecule has 1 N–H and O–H groups in total. The standard InChI is InChI=1S/C28H21ClN4O6/c1-39-21-9-5-4-8-19(21)32-27(35)22-23(28(32)36)25(31-13-12-15-6-2-3-7-17(15)24(22)31)26(34)30-16-10-11-18(29)20(14-16)33(37)38/h2-14,22-25H,1H3,(H,30,34)/t22-,23-,24+,25+/m1/s1. The van der Waals surface area contributed by atoms with Gasteiger partial charge < -0.3 is 15.0 Å². The number of nitrogens with one attached hydrogen (secondary N) is 1. The van der Waals surface area contributed by atoms with Crippen molar-refractivity contribution >= 4 is 52.5 Å². The summed E-state index contributed by atoms with van der Waals surface area (Å²) in [5, 5.41) is 14.0. The van der Waals surface area contributed by atoms with Crippen LogP contribution >= 0.6 is 11.6 Å². The average molecular weight is 545 g/mol. The first kappa shape index (κ1) is 24.6. The molecule has 0 radical (unpaired) electrons. The van der Waals surface area contributed by atoms with Gasteiger partial charge in [0.15, 0.2) is 0 Å². The number of imide groups is 1. The van der Waals surface area contributed by atoms with E-state index < -0.39 is 46.6 Å². The van der Waals surface area contributed by atoms with E-state index in [1.165, 1.54) is 19.2 Å². The molecule has 4 atom stereocenters. The summed E-state index contributed by atoms with van der Waals surface area (Å²) in [5.41, 5.74) is 1.81. The summed E-state index contributed by atoms with van der Waals surface area (Å²) >= 11 is 5.93. The molecular weight excluding hydrogens is 524 g/mol. The molecular formula is C28H21ClN4O6. The van der Waals surface area contributed by atoms with Gasteiger partial charge in [0.2, 0.25) is 17.7 Å². The zero-order valence-electron chi connectivity index (χ0n) is 20.5. The lowest BCUT2D eigenvalue weighted by molar-refractivity contribution is -0.384. The smallest absolute Gasteiger partial charge is 0.289 e. The Morgan fingerprint density at radius 1 is 1.03 bits per heavy atom. The number of halogens is 1. The van der Waals surface area contributed by atoms with Crippen molar-refractivity contribution in [3.63, 3.8) is 0 Å². The first-order valence-electron chi connectivity index (χ1n) is 12.1. The number of nitro benzene ring substituents is 1. The van der Waals surface area contributed by atoms with Crippen molar-refractivity contribution in [1.29, 1.82) is 0 Å². The highest BCUT2D eigenvalue weighted by atomic mass is 35.5. The third-order valence-corrected chi connectivity index (χ3v) is 7.79. The van der Waals surface area contributed by atoms with Crippen LogP contribution in [0.25, 0.3) is 6.08 Å². The molecule has 39 heavy (non-hydrogen) atoms. The van der Waals surface area contributed by atoms with Crippen LogP contribution in [0.15, 0.2) is 72.9 Å². The lowest BCUT2D eigenvalue weighted by Crippen LogP contribution is -2.46. The Bertz CT molecular complexity index is 1590. The normalized spacial score (nSPS) is 22.8. The quantitative estimate of drug-likeness (QED) is 0.287. The Balaban J connectivity index is 1.44. The second kappa shape index (κ2) is 9.25. The third-order valence-electron chi connectivity index (χ3n) is 7.47. The van der Waals surface area contributed by atoms with Gasteiger partial charge in [-0.15, -0.1) is 0 Å². The predicted molar refractivity (Wildman–Crippen MR) is 143 cm³/mol. The van der Waals surface area contributed by atoms with Crippen LogP contribution < -0.4 is 15.0 Å². The van der Waals surface area contributed by atoms with Gasteiger partial charge in [-0.05, 0) is 41.5 Å². The number of hydrogen-bond donors (Lipinski definition) is 1. The highest BCUT2D eigenvalue weighted by Gasteiger charge is 2.65. The summed E-state index contributed by atoms with van der Waals surface area (Å²) in [6.45, 7) is 0. The van der Waals surface area contributed by atoms with Crippen molar-refractivity contribution < 1.29 is 24.0 Å². The Morgan fingerprint density at radius 3 is 2.51 bits per heavy atom. The van der Waals surface area contributed by atoms with Crippen molar-refractivity contribution in [3.8, 4) is 5.75 Å². The average Bonchev–Trinajstić information content (AvgIpc) is 3.41. The SMILES string of the molecule is COc1ccccc1N1C(=O)[C@@H]2[C@@H](C1=O)[C@@H]1c3ccccc3C=CN1[C@@H]2C(=O)Nc1ccc(Cl)c([N+](=O)[O-])c1. The summed E-state index contributed by atoms with van der Waals surface area (Å²) in [7, 11) is 1.45. The van der Waals surface area contributed by atoms with Crippen LogP contribution in [0.4, 0.5) is 17.1 Å².